The molecule has 0 N–H and O–H groups in total. The van der Waals surface area contributed by atoms with Gasteiger partial charge in [0.2, 0.25) is 0 Å². The monoisotopic (exact) mass is 267 g/mol. The molecule has 0 saturated carbocycles. The Bertz CT molecular complexity index is 517. The van der Waals surface area contributed by atoms with Crippen LogP contribution in [-0.2, 0) is 9.84 Å². The third-order valence-corrected chi connectivity index (χ3v) is 3.96. The lowest BCUT2D eigenvalue weighted by atomic mass is 10.3. The number of nitrogens with zero attached hydrogens (tertiary/aromatic N) is 1. The number of alkyl halides is 1. The average molecular weight is 268 g/mol. The van der Waals surface area contributed by atoms with E-state index in [-0.39, 0.29) is 5.88 Å². The first kappa shape index (κ1) is 12.9. The minimum atomic E-state index is -3.81. The number of rotatable bonds is 4. The van der Waals surface area contributed by atoms with E-state index in [0.717, 1.165) is 12.1 Å². The molecule has 0 amide bonds. The van der Waals surface area contributed by atoms with Gasteiger partial charge in [0.05, 0.1) is 16.7 Å². The normalized spacial score (nSPS) is 11.4. The third kappa shape index (κ3) is 2.67. The number of non-ortho nitro benzene ring substituents is 1. The molecular formula is C8H7ClFNO4S. The Morgan fingerprint density at radius 1 is 1.44 bits per heavy atom. The minimum absolute atomic E-state index is 0.168. The second-order valence-corrected chi connectivity index (χ2v) is 5.34. The van der Waals surface area contributed by atoms with Crippen LogP contribution in [0.2, 0.25) is 0 Å². The number of hydrogen-bond donors (Lipinski definition) is 0. The van der Waals surface area contributed by atoms with E-state index in [1.165, 1.54) is 0 Å². The molecule has 0 unspecified atom stereocenters. The van der Waals surface area contributed by atoms with Crippen molar-refractivity contribution in [3.8, 4) is 0 Å². The molecule has 0 spiro atoms. The van der Waals surface area contributed by atoms with Crippen LogP contribution >= 0.6 is 11.6 Å². The van der Waals surface area contributed by atoms with Gasteiger partial charge < -0.3 is 0 Å². The molecule has 0 aliphatic heterocycles. The Balaban J connectivity index is 3.23. The fourth-order valence-electron chi connectivity index (χ4n) is 1.07. The predicted molar refractivity (Wildman–Crippen MR) is 55.8 cm³/mol. The van der Waals surface area contributed by atoms with E-state index in [1.54, 1.807) is 0 Å². The van der Waals surface area contributed by atoms with Gasteiger partial charge in [0.1, 0.15) is 10.7 Å². The molecule has 0 atom stereocenters. The predicted octanol–water partition coefficient (Wildman–Crippen LogP) is 1.75. The van der Waals surface area contributed by atoms with Crippen LogP contribution in [0.5, 0.6) is 0 Å². The molecule has 1 rings (SSSR count). The van der Waals surface area contributed by atoms with Gasteiger partial charge in [-0.05, 0) is 6.07 Å². The highest BCUT2D eigenvalue weighted by atomic mass is 35.5. The van der Waals surface area contributed by atoms with Gasteiger partial charge in [-0.15, -0.1) is 11.6 Å². The molecule has 88 valence electrons. The quantitative estimate of drug-likeness (QED) is 0.473. The third-order valence-electron chi connectivity index (χ3n) is 1.81. The summed E-state index contributed by atoms with van der Waals surface area (Å²) in [4.78, 5) is 8.93. The molecule has 5 nitrogen and oxygen atoms in total. The van der Waals surface area contributed by atoms with E-state index >= 15 is 0 Å². The number of halogens is 2. The van der Waals surface area contributed by atoms with Crippen LogP contribution < -0.4 is 0 Å². The van der Waals surface area contributed by atoms with E-state index < -0.39 is 36.9 Å². The first-order valence-electron chi connectivity index (χ1n) is 4.11. The van der Waals surface area contributed by atoms with Crippen LogP contribution in [0.4, 0.5) is 10.1 Å². The fraction of sp³-hybridized carbons (Fsp3) is 0.250. The highest BCUT2D eigenvalue weighted by molar-refractivity contribution is 7.91. The second kappa shape index (κ2) is 4.75. The van der Waals surface area contributed by atoms with Crippen LogP contribution in [0, 0.1) is 15.9 Å². The van der Waals surface area contributed by atoms with Gasteiger partial charge in [0, 0.05) is 11.9 Å². The Morgan fingerprint density at radius 3 is 2.50 bits per heavy atom. The minimum Gasteiger partial charge on any atom is -0.258 e. The summed E-state index contributed by atoms with van der Waals surface area (Å²) in [6, 6.07) is 2.38. The topological polar surface area (TPSA) is 77.3 Å². The molecule has 0 aliphatic carbocycles. The van der Waals surface area contributed by atoms with Crippen LogP contribution in [0.3, 0.4) is 0 Å². The molecule has 0 radical (unpaired) electrons. The molecule has 1 aromatic rings. The summed E-state index contributed by atoms with van der Waals surface area (Å²) in [5.74, 6) is -1.72. The summed E-state index contributed by atoms with van der Waals surface area (Å²) in [5, 5.41) is 10.3. The first-order valence-corrected chi connectivity index (χ1v) is 6.30. The molecule has 0 heterocycles. The maximum absolute atomic E-state index is 13.3. The van der Waals surface area contributed by atoms with Crippen molar-refractivity contribution in [2.45, 2.75) is 4.90 Å². The van der Waals surface area contributed by atoms with Gasteiger partial charge in [0.15, 0.2) is 9.84 Å². The van der Waals surface area contributed by atoms with Crippen LogP contribution in [0.15, 0.2) is 23.1 Å². The maximum Gasteiger partial charge on any atom is 0.272 e. The summed E-state index contributed by atoms with van der Waals surface area (Å²) in [5.41, 5.74) is -0.498. The largest absolute Gasteiger partial charge is 0.272 e. The zero-order valence-corrected chi connectivity index (χ0v) is 9.46. The van der Waals surface area contributed by atoms with Crippen molar-refractivity contribution in [2.24, 2.45) is 0 Å². The smallest absolute Gasteiger partial charge is 0.258 e. The molecule has 1 aromatic carbocycles. The molecular weight excluding hydrogens is 261 g/mol. The van der Waals surface area contributed by atoms with E-state index in [4.69, 9.17) is 11.6 Å². The highest BCUT2D eigenvalue weighted by Crippen LogP contribution is 2.21. The molecule has 8 heteroatoms. The van der Waals surface area contributed by atoms with Crippen molar-refractivity contribution >= 4 is 27.1 Å². The van der Waals surface area contributed by atoms with Gasteiger partial charge in [-0.1, -0.05) is 0 Å². The summed E-state index contributed by atoms with van der Waals surface area (Å²) in [7, 11) is -3.81. The van der Waals surface area contributed by atoms with Crippen molar-refractivity contribution in [3.05, 3.63) is 34.1 Å². The van der Waals surface area contributed by atoms with Crippen molar-refractivity contribution in [1.29, 1.82) is 0 Å². The number of sulfone groups is 1. The van der Waals surface area contributed by atoms with E-state index in [2.05, 4.69) is 0 Å². The lowest BCUT2D eigenvalue weighted by Crippen LogP contribution is -2.10. The number of nitro groups is 1. The maximum atomic E-state index is 13.3. The molecule has 0 saturated heterocycles. The first-order chi connectivity index (χ1) is 7.38. The summed E-state index contributed by atoms with van der Waals surface area (Å²) in [6.45, 7) is 0. The molecule has 0 fully saturated rings. The SMILES string of the molecule is O=[N+]([O-])c1ccc(S(=O)(=O)CCCl)c(F)c1. The Hall–Kier alpha value is -1.21. The van der Waals surface area contributed by atoms with E-state index in [9.17, 15) is 22.9 Å². The van der Waals surface area contributed by atoms with Crippen molar-refractivity contribution < 1.29 is 17.7 Å². The van der Waals surface area contributed by atoms with Crippen LogP contribution in [0.25, 0.3) is 0 Å². The summed E-state index contributed by atoms with van der Waals surface area (Å²) >= 11 is 5.26. The van der Waals surface area contributed by atoms with E-state index in [0.29, 0.717) is 6.07 Å². The highest BCUT2D eigenvalue weighted by Gasteiger charge is 2.21. The van der Waals surface area contributed by atoms with Crippen molar-refractivity contribution in [3.63, 3.8) is 0 Å². The van der Waals surface area contributed by atoms with Gasteiger partial charge in [-0.3, -0.25) is 10.1 Å². The number of benzene rings is 1. The van der Waals surface area contributed by atoms with Gasteiger partial charge in [-0.25, -0.2) is 12.8 Å². The molecule has 0 aliphatic rings. The second-order valence-electron chi connectivity index (χ2n) is 2.88. The molecule has 0 aromatic heterocycles. The van der Waals surface area contributed by atoms with Gasteiger partial charge in [0.25, 0.3) is 5.69 Å². The molecule has 16 heavy (non-hydrogen) atoms. The lowest BCUT2D eigenvalue weighted by molar-refractivity contribution is -0.385. The zero-order valence-electron chi connectivity index (χ0n) is 7.89. The molecule has 0 bridgehead atoms. The average Bonchev–Trinajstić information content (AvgIpc) is 2.16. The Kier molecular flexibility index (Phi) is 3.82. The summed E-state index contributed by atoms with van der Waals surface area (Å²) in [6.07, 6.45) is 0. The fourth-order valence-corrected chi connectivity index (χ4v) is 2.73. The summed E-state index contributed by atoms with van der Waals surface area (Å²) < 4.78 is 36.2. The number of nitro benzene ring substituents is 1. The lowest BCUT2D eigenvalue weighted by Gasteiger charge is -2.03. The van der Waals surface area contributed by atoms with Gasteiger partial charge >= 0.3 is 0 Å². The van der Waals surface area contributed by atoms with E-state index in [1.807, 2.05) is 0 Å². The van der Waals surface area contributed by atoms with Gasteiger partial charge in [-0.2, -0.15) is 0 Å². The van der Waals surface area contributed by atoms with Crippen LogP contribution in [0.1, 0.15) is 0 Å². The Labute approximate surface area is 95.9 Å². The number of hydrogen-bond acceptors (Lipinski definition) is 4. The zero-order chi connectivity index (χ0) is 12.3. The van der Waals surface area contributed by atoms with Crippen molar-refractivity contribution in [1.82, 2.24) is 0 Å². The standard InChI is InChI=1S/C8H7ClFNO4S/c9-3-4-16(14,15)8-2-1-6(11(12)13)5-7(8)10/h1-2,5H,3-4H2. The van der Waals surface area contributed by atoms with Crippen LogP contribution in [-0.4, -0.2) is 25.0 Å². The Morgan fingerprint density at radius 2 is 2.06 bits per heavy atom. The van der Waals surface area contributed by atoms with Crippen molar-refractivity contribution in [2.75, 3.05) is 11.6 Å².